The van der Waals surface area contributed by atoms with Crippen molar-refractivity contribution in [3.8, 4) is 0 Å². The molecule has 150 valence electrons. The molecule has 1 N–H and O–H groups in total. The van der Waals surface area contributed by atoms with Crippen molar-refractivity contribution in [2.75, 3.05) is 19.5 Å². The Kier molecular flexibility index (Phi) is 3.96. The first kappa shape index (κ1) is 12.4. The molecule has 1 fully saturated rings. The van der Waals surface area contributed by atoms with E-state index in [1.54, 1.807) is 0 Å². The number of likely N-dealkylation sites (tertiary alicyclic amines) is 1. The fraction of sp³-hybridized carbons (Fsp3) is 0.450. The van der Waals surface area contributed by atoms with Gasteiger partial charge in [0.1, 0.15) is 17.3 Å². The number of amides is 1. The summed E-state index contributed by atoms with van der Waals surface area (Å²) in [5.74, 6) is -2.04. The maximum atomic E-state index is 16.0. The third-order valence-corrected chi connectivity index (χ3v) is 4.25. The number of halogens is 3. The molecule has 2 aromatic rings. The number of aryl methyl sites for hydroxylation is 1. The van der Waals surface area contributed by atoms with Crippen molar-refractivity contribution in [1.29, 1.82) is 0 Å². The zero-order chi connectivity index (χ0) is 27.3. The number of hydrogen-bond donors (Lipinski definition) is 1. The summed E-state index contributed by atoms with van der Waals surface area (Å²) in [5, 5.41) is 1.81. The van der Waals surface area contributed by atoms with Gasteiger partial charge in [-0.3, -0.25) is 4.79 Å². The van der Waals surface area contributed by atoms with E-state index in [0.717, 1.165) is 18.2 Å². The van der Waals surface area contributed by atoms with Crippen LogP contribution >= 0.6 is 11.6 Å². The first-order chi connectivity index (χ1) is 16.3. The summed E-state index contributed by atoms with van der Waals surface area (Å²) in [7, 11) is 0. The lowest BCUT2D eigenvalue weighted by atomic mass is 9.92. The van der Waals surface area contributed by atoms with E-state index in [1.165, 1.54) is 19.3 Å². The van der Waals surface area contributed by atoms with Crippen molar-refractivity contribution in [1.82, 2.24) is 20.2 Å². The van der Waals surface area contributed by atoms with Gasteiger partial charge >= 0.3 is 0 Å². The van der Waals surface area contributed by atoms with E-state index in [-0.39, 0.29) is 21.9 Å². The van der Waals surface area contributed by atoms with Crippen LogP contribution in [-0.4, -0.2) is 45.9 Å². The van der Waals surface area contributed by atoms with Crippen molar-refractivity contribution >= 4 is 17.5 Å². The average Bonchev–Trinajstić information content (AvgIpc) is 2.71. The Bertz CT molecular complexity index is 1130. The van der Waals surface area contributed by atoms with Gasteiger partial charge in [-0.05, 0) is 30.1 Å². The van der Waals surface area contributed by atoms with E-state index in [9.17, 15) is 9.18 Å². The zero-order valence-electron chi connectivity index (χ0n) is 22.9. The molecular weight excluding hydrogens is 386 g/mol. The van der Waals surface area contributed by atoms with Crippen LogP contribution in [0.3, 0.4) is 0 Å². The van der Waals surface area contributed by atoms with Gasteiger partial charge in [0.25, 0.3) is 5.91 Å². The minimum absolute atomic E-state index is 0.00213. The van der Waals surface area contributed by atoms with Gasteiger partial charge in [-0.25, -0.2) is 18.7 Å². The molecule has 1 saturated heterocycles. The highest BCUT2D eigenvalue weighted by Crippen LogP contribution is 2.27. The molecule has 0 bridgehead atoms. The number of carbonyl (C=O) groups is 1. The van der Waals surface area contributed by atoms with Crippen LogP contribution in [0.1, 0.15) is 52.5 Å². The second-order valence-electron chi connectivity index (χ2n) is 6.02. The molecule has 1 aromatic heterocycles. The number of piperidine rings is 1. The minimum Gasteiger partial charge on any atom is -0.338 e. The third kappa shape index (κ3) is 5.02. The quantitative estimate of drug-likeness (QED) is 0.782. The topological polar surface area (TPSA) is 58.1 Å². The van der Waals surface area contributed by atoms with E-state index in [4.69, 9.17) is 22.6 Å². The van der Waals surface area contributed by atoms with Crippen molar-refractivity contribution in [3.63, 3.8) is 0 Å². The van der Waals surface area contributed by atoms with Gasteiger partial charge in [0.15, 0.2) is 0 Å². The van der Waals surface area contributed by atoms with E-state index < -0.39 is 67.7 Å². The van der Waals surface area contributed by atoms with Gasteiger partial charge in [0, 0.05) is 61.3 Å². The molecule has 1 aliphatic heterocycles. The van der Waals surface area contributed by atoms with Crippen molar-refractivity contribution < 1.29 is 24.5 Å². The number of alkyl halides is 1. The van der Waals surface area contributed by atoms with Crippen LogP contribution in [0, 0.1) is 5.82 Å². The minimum atomic E-state index is -3.11. The van der Waals surface area contributed by atoms with Crippen LogP contribution in [0.15, 0.2) is 30.6 Å². The summed E-state index contributed by atoms with van der Waals surface area (Å²) in [4.78, 5) is 21.0. The second kappa shape index (κ2) is 8.92. The monoisotopic (exact) mass is 416 g/mol. The first-order valence-corrected chi connectivity index (χ1v) is 8.72. The Morgan fingerprint density at radius 1 is 1.39 bits per heavy atom. The van der Waals surface area contributed by atoms with Gasteiger partial charge in [0.2, 0.25) is 0 Å². The summed E-state index contributed by atoms with van der Waals surface area (Å²) in [6.45, 7) is -8.06. The zero-order valence-corrected chi connectivity index (χ0v) is 15.6. The largest absolute Gasteiger partial charge is 0.338 e. The maximum absolute atomic E-state index is 16.0. The standard InChI is InChI=1S/C20H23ClF2N4O/c1-2-14-10-25-18(26-11-14)12-24-13-20(23)5-7-27(8-6-20)19(28)15-3-4-17(22)16(21)9-15/h3-4,9-11,24H,2,5-8,12-13H2,1H3/i2D2,7D2,8D2,13D2. The lowest BCUT2D eigenvalue weighted by molar-refractivity contribution is 0.0434. The molecule has 1 aromatic carbocycles. The Balaban J connectivity index is 1.82. The number of nitrogens with one attached hydrogen (secondary N) is 1. The van der Waals surface area contributed by atoms with E-state index in [2.05, 4.69) is 15.3 Å². The van der Waals surface area contributed by atoms with Crippen LogP contribution in [0.25, 0.3) is 0 Å². The molecule has 1 aliphatic rings. The molecule has 2 heterocycles. The lowest BCUT2D eigenvalue weighted by Gasteiger charge is -2.36. The molecule has 0 saturated carbocycles. The summed E-state index contributed by atoms with van der Waals surface area (Å²) in [6, 6.07) is 2.75. The van der Waals surface area contributed by atoms with Crippen LogP contribution in [0.2, 0.25) is 5.02 Å². The second-order valence-corrected chi connectivity index (χ2v) is 6.43. The number of carbonyl (C=O) groups excluding carboxylic acids is 1. The smallest absolute Gasteiger partial charge is 0.253 e. The molecule has 5 nitrogen and oxygen atoms in total. The predicted octanol–water partition coefficient (Wildman–Crippen LogP) is 3.57. The number of benzene rings is 1. The van der Waals surface area contributed by atoms with Gasteiger partial charge < -0.3 is 10.2 Å². The van der Waals surface area contributed by atoms with E-state index in [0.29, 0.717) is 0 Å². The molecule has 0 spiro atoms. The number of nitrogens with zero attached hydrogens (tertiary/aromatic N) is 3. The van der Waals surface area contributed by atoms with Gasteiger partial charge in [0.05, 0.1) is 11.6 Å². The summed E-state index contributed by atoms with van der Waals surface area (Å²) >= 11 is 5.68. The van der Waals surface area contributed by atoms with Gasteiger partial charge in [-0.1, -0.05) is 18.5 Å². The molecule has 0 radical (unpaired) electrons. The molecule has 28 heavy (non-hydrogen) atoms. The van der Waals surface area contributed by atoms with Crippen molar-refractivity contribution in [3.05, 3.63) is 58.4 Å². The molecule has 0 unspecified atom stereocenters. The Morgan fingerprint density at radius 2 is 2.07 bits per heavy atom. The normalized spacial score (nSPS) is 25.1. The summed E-state index contributed by atoms with van der Waals surface area (Å²) in [6.07, 6.45) is -1.72. The summed E-state index contributed by atoms with van der Waals surface area (Å²) < 4.78 is 94.2. The summed E-state index contributed by atoms with van der Waals surface area (Å²) in [5.41, 5.74) is -3.26. The van der Waals surface area contributed by atoms with Gasteiger partial charge in [-0.2, -0.15) is 0 Å². The van der Waals surface area contributed by atoms with Gasteiger partial charge in [-0.15, -0.1) is 0 Å². The highest BCUT2D eigenvalue weighted by atomic mass is 35.5. The van der Waals surface area contributed by atoms with Crippen LogP contribution < -0.4 is 5.32 Å². The third-order valence-electron chi connectivity index (χ3n) is 3.96. The van der Waals surface area contributed by atoms with E-state index in [1.807, 2.05) is 0 Å². The predicted molar refractivity (Wildman–Crippen MR) is 104 cm³/mol. The first-order valence-electron chi connectivity index (χ1n) is 12.3. The molecular formula is C20H23ClF2N4O. The van der Waals surface area contributed by atoms with Crippen LogP contribution in [-0.2, 0) is 12.9 Å². The molecule has 1 amide bonds. The van der Waals surface area contributed by atoms with Crippen LogP contribution in [0.4, 0.5) is 8.78 Å². The molecule has 0 atom stereocenters. The SMILES string of the molecule is [2H]C([2H])(C)c1cnc(CNC([2H])([2H])C2(F)CC([2H])([2H])N(C(=O)c3ccc(F)c(Cl)c3)C([2H])([2H])C2)nc1. The fourth-order valence-corrected chi connectivity index (χ4v) is 2.55. The maximum Gasteiger partial charge on any atom is 0.253 e. The highest BCUT2D eigenvalue weighted by molar-refractivity contribution is 6.31. The Morgan fingerprint density at radius 3 is 2.68 bits per heavy atom. The lowest BCUT2D eigenvalue weighted by Crippen LogP contribution is -2.48. The van der Waals surface area contributed by atoms with E-state index >= 15 is 4.39 Å². The van der Waals surface area contributed by atoms with Crippen LogP contribution in [0.5, 0.6) is 0 Å². The molecule has 0 aliphatic carbocycles. The van der Waals surface area contributed by atoms with Crippen molar-refractivity contribution in [2.45, 2.75) is 38.4 Å². The number of hydrogen-bond acceptors (Lipinski definition) is 4. The van der Waals surface area contributed by atoms with Crippen molar-refractivity contribution in [2.24, 2.45) is 0 Å². The molecule has 8 heteroatoms. The number of aromatic nitrogens is 2. The highest BCUT2D eigenvalue weighted by Gasteiger charge is 2.36. The average molecular weight is 417 g/mol. The Hall–Kier alpha value is -2.12. The molecule has 3 rings (SSSR count). The number of rotatable bonds is 6. The fourth-order valence-electron chi connectivity index (χ4n) is 2.37. The Labute approximate surface area is 179 Å².